The van der Waals surface area contributed by atoms with E-state index in [4.69, 9.17) is 4.55 Å². The smallest absolute Gasteiger partial charge is 0.282 e. The predicted molar refractivity (Wildman–Crippen MR) is 41.0 cm³/mol. The standard InChI is InChI=1S/C7H8O3S/c1-6-2-4-7(5-3-6)11(8,9)10/h2-5H,1H3,(H,8,9,10)/i1+2. The maximum absolute atomic E-state index is 10.5. The third kappa shape index (κ3) is 2.03. The monoisotopic (exact) mass is 174 g/mol. The average molecular weight is 174 g/mol. The van der Waals surface area contributed by atoms with E-state index in [1.807, 2.05) is 6.92 Å². The van der Waals surface area contributed by atoms with Crippen molar-refractivity contribution in [2.24, 2.45) is 0 Å². The van der Waals surface area contributed by atoms with Gasteiger partial charge in [0.2, 0.25) is 0 Å². The Hall–Kier alpha value is -0.870. The Kier molecular flexibility index (Phi) is 1.97. The van der Waals surface area contributed by atoms with Crippen molar-refractivity contribution in [1.82, 2.24) is 0 Å². The fourth-order valence-corrected chi connectivity index (χ4v) is 1.19. The summed E-state index contributed by atoms with van der Waals surface area (Å²) in [6.45, 7) is 1.84. The van der Waals surface area contributed by atoms with Gasteiger partial charge in [0.15, 0.2) is 0 Å². The minimum absolute atomic E-state index is 0.0666. The highest BCUT2D eigenvalue weighted by atomic mass is 32.2. The van der Waals surface area contributed by atoms with E-state index < -0.39 is 10.1 Å². The first-order valence-corrected chi connectivity index (χ1v) is 4.48. The van der Waals surface area contributed by atoms with Gasteiger partial charge in [0.05, 0.1) is 4.90 Å². The fraction of sp³-hybridized carbons (Fsp3) is 0.143. The van der Waals surface area contributed by atoms with Crippen molar-refractivity contribution in [3.8, 4) is 0 Å². The van der Waals surface area contributed by atoms with Crippen LogP contribution in [0.4, 0.5) is 0 Å². The van der Waals surface area contributed by atoms with Crippen molar-refractivity contribution in [1.29, 1.82) is 0 Å². The summed E-state index contributed by atoms with van der Waals surface area (Å²) in [6.07, 6.45) is 0. The minimum atomic E-state index is -4.02. The summed E-state index contributed by atoms with van der Waals surface area (Å²) >= 11 is 0. The number of aryl methyl sites for hydroxylation is 1. The van der Waals surface area contributed by atoms with E-state index in [0.29, 0.717) is 0 Å². The molecule has 0 saturated carbocycles. The summed E-state index contributed by atoms with van der Waals surface area (Å²) in [4.78, 5) is -0.0666. The van der Waals surface area contributed by atoms with Gasteiger partial charge in [-0.1, -0.05) is 17.7 Å². The Morgan fingerprint density at radius 1 is 1.18 bits per heavy atom. The van der Waals surface area contributed by atoms with Crippen LogP contribution in [0.3, 0.4) is 0 Å². The van der Waals surface area contributed by atoms with Gasteiger partial charge in [-0.3, -0.25) is 4.55 Å². The highest BCUT2D eigenvalue weighted by Gasteiger charge is 2.06. The maximum atomic E-state index is 10.5. The predicted octanol–water partition coefficient (Wildman–Crippen LogP) is 1.24. The second kappa shape index (κ2) is 2.64. The molecule has 0 bridgehead atoms. The van der Waals surface area contributed by atoms with E-state index in [1.54, 1.807) is 12.1 Å². The average Bonchev–Trinajstić information content (AvgIpc) is 1.86. The molecule has 1 N–H and O–H groups in total. The molecule has 1 aromatic carbocycles. The lowest BCUT2D eigenvalue weighted by Gasteiger charge is -1.95. The highest BCUT2D eigenvalue weighted by molar-refractivity contribution is 7.85. The molecule has 0 spiro atoms. The molecule has 1 rings (SSSR count). The van der Waals surface area contributed by atoms with Gasteiger partial charge in [-0.05, 0) is 19.1 Å². The van der Waals surface area contributed by atoms with Gasteiger partial charge in [0.25, 0.3) is 10.1 Å². The SMILES string of the molecule is [14CH3]c1ccc(S(=O)(=O)O)cc1. The quantitative estimate of drug-likeness (QED) is 0.652. The third-order valence-electron chi connectivity index (χ3n) is 1.32. The summed E-state index contributed by atoms with van der Waals surface area (Å²) < 4.78 is 29.6. The molecule has 1 aromatic rings. The lowest BCUT2D eigenvalue weighted by Crippen LogP contribution is -1.96. The van der Waals surface area contributed by atoms with E-state index in [2.05, 4.69) is 0 Å². The zero-order valence-corrected chi connectivity index (χ0v) is 6.80. The van der Waals surface area contributed by atoms with Gasteiger partial charge in [-0.2, -0.15) is 8.42 Å². The van der Waals surface area contributed by atoms with Crippen LogP contribution in [0.1, 0.15) is 5.56 Å². The third-order valence-corrected chi connectivity index (χ3v) is 2.19. The molecule has 60 valence electrons. The van der Waals surface area contributed by atoms with Crippen LogP contribution in [0.5, 0.6) is 0 Å². The first-order chi connectivity index (χ1) is 5.00. The molecule has 3 nitrogen and oxygen atoms in total. The molecule has 0 atom stereocenters. The summed E-state index contributed by atoms with van der Waals surface area (Å²) in [5, 5.41) is 0. The first-order valence-electron chi connectivity index (χ1n) is 3.04. The molecule has 0 aromatic heterocycles. The normalized spacial score (nSPS) is 11.5. The van der Waals surface area contributed by atoms with E-state index >= 15 is 0 Å². The van der Waals surface area contributed by atoms with Crippen molar-refractivity contribution in [2.75, 3.05) is 0 Å². The van der Waals surface area contributed by atoms with E-state index in [1.165, 1.54) is 12.1 Å². The topological polar surface area (TPSA) is 54.4 Å². The highest BCUT2D eigenvalue weighted by Crippen LogP contribution is 2.08. The molecule has 0 fully saturated rings. The van der Waals surface area contributed by atoms with Crippen LogP contribution in [0.25, 0.3) is 0 Å². The molecule has 0 aliphatic rings. The Morgan fingerprint density at radius 2 is 1.64 bits per heavy atom. The van der Waals surface area contributed by atoms with Crippen LogP contribution >= 0.6 is 0 Å². The van der Waals surface area contributed by atoms with Crippen LogP contribution < -0.4 is 0 Å². The number of hydrogen-bond donors (Lipinski definition) is 1. The van der Waals surface area contributed by atoms with Gasteiger partial charge < -0.3 is 0 Å². The van der Waals surface area contributed by atoms with Crippen LogP contribution in [0.15, 0.2) is 29.2 Å². The molecule has 0 unspecified atom stereocenters. The van der Waals surface area contributed by atoms with E-state index in [0.717, 1.165) is 5.56 Å². The van der Waals surface area contributed by atoms with Gasteiger partial charge in [0.1, 0.15) is 0 Å². The number of hydrogen-bond acceptors (Lipinski definition) is 2. The van der Waals surface area contributed by atoms with Crippen LogP contribution in [0, 0.1) is 6.92 Å². The van der Waals surface area contributed by atoms with Gasteiger partial charge in [-0.15, -0.1) is 0 Å². The molecule has 0 saturated heterocycles. The molecular formula is C7H8O3S. The zero-order valence-electron chi connectivity index (χ0n) is 5.98. The zero-order chi connectivity index (χ0) is 8.48. The van der Waals surface area contributed by atoms with Crippen molar-refractivity contribution in [2.45, 2.75) is 11.8 Å². The second-order valence-corrected chi connectivity index (χ2v) is 3.71. The summed E-state index contributed by atoms with van der Waals surface area (Å²) in [6, 6.07) is 5.99. The Balaban J connectivity index is 3.20. The van der Waals surface area contributed by atoms with Crippen molar-refractivity contribution < 1.29 is 13.0 Å². The minimum Gasteiger partial charge on any atom is -0.282 e. The Morgan fingerprint density at radius 3 is 2.00 bits per heavy atom. The Labute approximate surface area is 65.4 Å². The van der Waals surface area contributed by atoms with E-state index in [9.17, 15) is 8.42 Å². The molecule has 11 heavy (non-hydrogen) atoms. The molecule has 4 heteroatoms. The molecule has 0 heterocycles. The van der Waals surface area contributed by atoms with Crippen LogP contribution in [0.2, 0.25) is 0 Å². The Bertz CT molecular complexity index is 336. The second-order valence-electron chi connectivity index (χ2n) is 2.29. The largest absolute Gasteiger partial charge is 0.294 e. The molecule has 0 radical (unpaired) electrons. The summed E-state index contributed by atoms with van der Waals surface area (Å²) in [5.74, 6) is 0. The lowest BCUT2D eigenvalue weighted by atomic mass is 10.3. The molecule has 0 aliphatic carbocycles. The number of benzene rings is 1. The van der Waals surface area contributed by atoms with Crippen molar-refractivity contribution >= 4 is 10.1 Å². The fourth-order valence-electron chi connectivity index (χ4n) is 0.710. The van der Waals surface area contributed by atoms with Crippen LogP contribution in [-0.2, 0) is 10.1 Å². The van der Waals surface area contributed by atoms with Gasteiger partial charge in [0, 0.05) is 0 Å². The first kappa shape index (κ1) is 8.23. The van der Waals surface area contributed by atoms with Crippen molar-refractivity contribution in [3.05, 3.63) is 29.8 Å². The van der Waals surface area contributed by atoms with E-state index in [-0.39, 0.29) is 4.90 Å². The molecule has 0 amide bonds. The summed E-state index contributed by atoms with van der Waals surface area (Å²) in [7, 11) is -4.02. The molecule has 0 aliphatic heterocycles. The number of rotatable bonds is 1. The summed E-state index contributed by atoms with van der Waals surface area (Å²) in [5.41, 5.74) is 0.956. The lowest BCUT2D eigenvalue weighted by molar-refractivity contribution is 0.483. The maximum Gasteiger partial charge on any atom is 0.294 e. The van der Waals surface area contributed by atoms with Gasteiger partial charge >= 0.3 is 0 Å². The van der Waals surface area contributed by atoms with Gasteiger partial charge in [-0.25, -0.2) is 0 Å². The van der Waals surface area contributed by atoms with Crippen LogP contribution in [-0.4, -0.2) is 13.0 Å². The molecular weight excluding hydrogens is 166 g/mol. The van der Waals surface area contributed by atoms with Crippen molar-refractivity contribution in [3.63, 3.8) is 0 Å².